The van der Waals surface area contributed by atoms with Gasteiger partial charge in [0.25, 0.3) is 0 Å². The summed E-state index contributed by atoms with van der Waals surface area (Å²) >= 11 is 0. The van der Waals surface area contributed by atoms with Crippen molar-refractivity contribution < 1.29 is 14.3 Å². The van der Waals surface area contributed by atoms with Crippen LogP contribution in [0.5, 0.6) is 0 Å². The largest absolute Gasteiger partial charge is 0.443 e. The van der Waals surface area contributed by atoms with Crippen molar-refractivity contribution in [1.29, 1.82) is 0 Å². The van der Waals surface area contributed by atoms with Gasteiger partial charge in [0, 0.05) is 12.5 Å². The molecule has 114 valence electrons. The van der Waals surface area contributed by atoms with E-state index in [2.05, 4.69) is 6.58 Å². The Morgan fingerprint density at radius 1 is 1.45 bits per heavy atom. The van der Waals surface area contributed by atoms with Crippen molar-refractivity contribution in [3.8, 4) is 0 Å². The molecule has 4 heteroatoms. The Labute approximate surface area is 122 Å². The van der Waals surface area contributed by atoms with Crippen LogP contribution < -0.4 is 0 Å². The molecule has 4 nitrogen and oxygen atoms in total. The van der Waals surface area contributed by atoms with Crippen LogP contribution in [0.15, 0.2) is 12.7 Å². The molecule has 1 fully saturated rings. The van der Waals surface area contributed by atoms with Crippen LogP contribution in [0.3, 0.4) is 0 Å². The predicted octanol–water partition coefficient (Wildman–Crippen LogP) is 4.05. The second-order valence-corrected chi connectivity index (χ2v) is 6.36. The molecule has 0 aromatic rings. The first-order valence-corrected chi connectivity index (χ1v) is 7.51. The topological polar surface area (TPSA) is 46.6 Å². The average Bonchev–Trinajstić information content (AvgIpc) is 2.49. The Morgan fingerprint density at radius 3 is 2.75 bits per heavy atom. The van der Waals surface area contributed by atoms with Crippen LogP contribution >= 0.6 is 0 Å². The summed E-state index contributed by atoms with van der Waals surface area (Å²) in [5, 5.41) is 0. The Morgan fingerprint density at radius 2 is 2.15 bits per heavy atom. The van der Waals surface area contributed by atoms with Gasteiger partial charge >= 0.3 is 6.09 Å². The van der Waals surface area contributed by atoms with E-state index >= 15 is 0 Å². The molecule has 1 rings (SSSR count). The Kier molecular flexibility index (Phi) is 6.24. The second kappa shape index (κ2) is 7.46. The van der Waals surface area contributed by atoms with Crippen LogP contribution in [0.2, 0.25) is 0 Å². The first kappa shape index (κ1) is 16.7. The maximum atomic E-state index is 12.3. The van der Waals surface area contributed by atoms with E-state index in [9.17, 15) is 9.59 Å². The third-order valence-corrected chi connectivity index (χ3v) is 3.35. The normalized spacial score (nSPS) is 20.4. The summed E-state index contributed by atoms with van der Waals surface area (Å²) in [6, 6.07) is -0.0280. The van der Waals surface area contributed by atoms with E-state index in [0.717, 1.165) is 38.5 Å². The highest BCUT2D eigenvalue weighted by Crippen LogP contribution is 2.24. The first-order chi connectivity index (χ1) is 9.35. The standard InChI is InChI=1S/C16H27NO3/c1-5-6-7-10-13-11-8-9-12-14(18)17(13)15(19)20-16(2,3)4/h5,13H,1,6-12H2,2-4H3. The van der Waals surface area contributed by atoms with Gasteiger partial charge in [-0.3, -0.25) is 4.79 Å². The fourth-order valence-corrected chi connectivity index (χ4v) is 2.44. The summed E-state index contributed by atoms with van der Waals surface area (Å²) in [6.07, 6.45) is 7.23. The number of carbonyl (C=O) groups excluding carboxylic acids is 2. The molecule has 0 bridgehead atoms. The van der Waals surface area contributed by atoms with Gasteiger partial charge in [0.15, 0.2) is 0 Å². The summed E-state index contributed by atoms with van der Waals surface area (Å²) in [5.41, 5.74) is -0.574. The van der Waals surface area contributed by atoms with Crippen molar-refractivity contribution in [2.45, 2.75) is 77.4 Å². The first-order valence-electron chi connectivity index (χ1n) is 7.51. The van der Waals surface area contributed by atoms with Gasteiger partial charge in [0.05, 0.1) is 0 Å². The molecule has 1 aliphatic rings. The van der Waals surface area contributed by atoms with E-state index in [-0.39, 0.29) is 11.9 Å². The third-order valence-electron chi connectivity index (χ3n) is 3.35. The van der Waals surface area contributed by atoms with Crippen molar-refractivity contribution in [3.63, 3.8) is 0 Å². The number of rotatable bonds is 4. The fraction of sp³-hybridized carbons (Fsp3) is 0.750. The maximum absolute atomic E-state index is 12.3. The van der Waals surface area contributed by atoms with Gasteiger partial charge in [0.1, 0.15) is 5.60 Å². The molecule has 0 spiro atoms. The van der Waals surface area contributed by atoms with Crippen LogP contribution in [0.4, 0.5) is 4.79 Å². The van der Waals surface area contributed by atoms with E-state index in [0.29, 0.717) is 6.42 Å². The van der Waals surface area contributed by atoms with Crippen LogP contribution in [-0.2, 0) is 9.53 Å². The van der Waals surface area contributed by atoms with Gasteiger partial charge in [-0.2, -0.15) is 0 Å². The molecule has 0 saturated carbocycles. The smallest absolute Gasteiger partial charge is 0.417 e. The molecule has 20 heavy (non-hydrogen) atoms. The number of nitrogens with zero attached hydrogens (tertiary/aromatic N) is 1. The summed E-state index contributed by atoms with van der Waals surface area (Å²) < 4.78 is 5.39. The minimum absolute atomic E-state index is 0.0280. The molecule has 2 amide bonds. The lowest BCUT2D eigenvalue weighted by atomic mass is 10.0. The summed E-state index contributed by atoms with van der Waals surface area (Å²) in [4.78, 5) is 25.8. The highest BCUT2D eigenvalue weighted by atomic mass is 16.6. The molecule has 0 N–H and O–H groups in total. The van der Waals surface area contributed by atoms with Crippen molar-refractivity contribution in [2.24, 2.45) is 0 Å². The molecule has 0 radical (unpaired) electrons. The molecular weight excluding hydrogens is 254 g/mol. The number of amides is 2. The van der Waals surface area contributed by atoms with Gasteiger partial charge in [-0.05, 0) is 52.9 Å². The van der Waals surface area contributed by atoms with Crippen molar-refractivity contribution >= 4 is 12.0 Å². The van der Waals surface area contributed by atoms with Crippen LogP contribution in [0, 0.1) is 0 Å². The average molecular weight is 281 g/mol. The minimum atomic E-state index is -0.574. The zero-order valence-electron chi connectivity index (χ0n) is 13.0. The van der Waals surface area contributed by atoms with Crippen LogP contribution in [-0.4, -0.2) is 28.5 Å². The molecule has 0 aromatic heterocycles. The maximum Gasteiger partial charge on any atom is 0.417 e. The van der Waals surface area contributed by atoms with Crippen LogP contribution in [0.25, 0.3) is 0 Å². The van der Waals surface area contributed by atoms with Gasteiger partial charge < -0.3 is 4.74 Å². The summed E-state index contributed by atoms with van der Waals surface area (Å²) in [7, 11) is 0. The van der Waals surface area contributed by atoms with Gasteiger partial charge in [-0.15, -0.1) is 6.58 Å². The van der Waals surface area contributed by atoms with E-state index in [1.807, 2.05) is 26.8 Å². The van der Waals surface area contributed by atoms with Crippen LogP contribution in [0.1, 0.15) is 65.7 Å². The van der Waals surface area contributed by atoms with Gasteiger partial charge in [-0.1, -0.05) is 12.5 Å². The van der Waals surface area contributed by atoms with Gasteiger partial charge in [0.2, 0.25) is 5.91 Å². The van der Waals surface area contributed by atoms with E-state index in [4.69, 9.17) is 4.74 Å². The van der Waals surface area contributed by atoms with Crippen molar-refractivity contribution in [1.82, 2.24) is 4.90 Å². The quantitative estimate of drug-likeness (QED) is 0.577. The number of hydrogen-bond donors (Lipinski definition) is 0. The Hall–Kier alpha value is -1.32. The number of likely N-dealkylation sites (tertiary alicyclic amines) is 1. The number of unbranched alkanes of at least 4 members (excludes halogenated alkanes) is 1. The predicted molar refractivity (Wildman–Crippen MR) is 79.4 cm³/mol. The SMILES string of the molecule is C=CCCCC1CCCCC(=O)N1C(=O)OC(C)(C)C. The van der Waals surface area contributed by atoms with Crippen molar-refractivity contribution in [3.05, 3.63) is 12.7 Å². The number of carbonyl (C=O) groups is 2. The summed E-state index contributed by atoms with van der Waals surface area (Å²) in [5.74, 6) is -0.0969. The fourth-order valence-electron chi connectivity index (χ4n) is 2.44. The zero-order chi connectivity index (χ0) is 15.2. The number of hydrogen-bond acceptors (Lipinski definition) is 3. The highest BCUT2D eigenvalue weighted by Gasteiger charge is 2.34. The molecule has 1 aliphatic heterocycles. The number of imide groups is 1. The molecule has 1 saturated heterocycles. The monoisotopic (exact) mass is 281 g/mol. The molecule has 0 aliphatic carbocycles. The lowest BCUT2D eigenvalue weighted by Gasteiger charge is -2.30. The highest BCUT2D eigenvalue weighted by molar-refractivity contribution is 5.92. The van der Waals surface area contributed by atoms with E-state index in [1.165, 1.54) is 4.90 Å². The lowest BCUT2D eigenvalue weighted by Crippen LogP contribution is -2.46. The molecular formula is C16H27NO3. The third kappa shape index (κ3) is 5.35. The second-order valence-electron chi connectivity index (χ2n) is 6.36. The van der Waals surface area contributed by atoms with Crippen molar-refractivity contribution in [2.75, 3.05) is 0 Å². The minimum Gasteiger partial charge on any atom is -0.443 e. The number of ether oxygens (including phenoxy) is 1. The summed E-state index contributed by atoms with van der Waals surface area (Å²) in [6.45, 7) is 9.17. The Bertz CT molecular complexity index is 357. The van der Waals surface area contributed by atoms with E-state index in [1.54, 1.807) is 0 Å². The molecule has 0 aromatic carbocycles. The molecule has 1 atom stereocenters. The lowest BCUT2D eigenvalue weighted by molar-refractivity contribution is -0.132. The Balaban J connectivity index is 2.78. The zero-order valence-corrected chi connectivity index (χ0v) is 13.0. The number of allylic oxidation sites excluding steroid dienone is 1. The molecule has 1 unspecified atom stereocenters. The van der Waals surface area contributed by atoms with E-state index < -0.39 is 11.7 Å². The molecule has 1 heterocycles. The van der Waals surface area contributed by atoms with Gasteiger partial charge in [-0.25, -0.2) is 9.69 Å².